The summed E-state index contributed by atoms with van der Waals surface area (Å²) in [7, 11) is 0. The first-order valence-electron chi connectivity index (χ1n) is 5.59. The largest absolute Gasteiger partial charge is 0.383 e. The van der Waals surface area contributed by atoms with E-state index in [1.807, 2.05) is 24.0 Å². The molecule has 16 heavy (non-hydrogen) atoms. The first-order chi connectivity index (χ1) is 7.77. The van der Waals surface area contributed by atoms with E-state index in [1.165, 1.54) is 0 Å². The Morgan fingerprint density at radius 3 is 2.69 bits per heavy atom. The van der Waals surface area contributed by atoms with Crippen molar-refractivity contribution in [1.82, 2.24) is 19.1 Å². The molecule has 86 valence electrons. The summed E-state index contributed by atoms with van der Waals surface area (Å²) in [5.41, 5.74) is 7.85. The fourth-order valence-electron chi connectivity index (χ4n) is 1.78. The highest BCUT2D eigenvalue weighted by Gasteiger charge is 2.12. The Morgan fingerprint density at radius 1 is 1.25 bits per heavy atom. The van der Waals surface area contributed by atoms with Crippen molar-refractivity contribution in [3.05, 3.63) is 18.9 Å². The third-order valence-electron chi connectivity index (χ3n) is 2.64. The van der Waals surface area contributed by atoms with Gasteiger partial charge in [-0.25, -0.2) is 9.97 Å². The average Bonchev–Trinajstić information content (AvgIpc) is 2.85. The van der Waals surface area contributed by atoms with Crippen LogP contribution in [0.3, 0.4) is 0 Å². The summed E-state index contributed by atoms with van der Waals surface area (Å²) in [6.07, 6.45) is 6.48. The first kappa shape index (κ1) is 10.7. The smallest absolute Gasteiger partial charge is 0.133 e. The van der Waals surface area contributed by atoms with E-state index in [2.05, 4.69) is 21.5 Å². The maximum Gasteiger partial charge on any atom is 0.133 e. The molecule has 2 heterocycles. The van der Waals surface area contributed by atoms with Gasteiger partial charge in [0.15, 0.2) is 0 Å². The molecule has 0 aliphatic rings. The third kappa shape index (κ3) is 1.68. The number of aromatic nitrogens is 4. The van der Waals surface area contributed by atoms with Crippen LogP contribution in [0, 0.1) is 0 Å². The van der Waals surface area contributed by atoms with Gasteiger partial charge in [0.25, 0.3) is 0 Å². The van der Waals surface area contributed by atoms with Crippen LogP contribution in [0.4, 0.5) is 5.82 Å². The van der Waals surface area contributed by atoms with Crippen LogP contribution in [-0.4, -0.2) is 19.1 Å². The van der Waals surface area contributed by atoms with Crippen LogP contribution in [0.5, 0.6) is 0 Å². The normalized spacial score (nSPS) is 10.9. The molecule has 0 bridgehead atoms. The summed E-state index contributed by atoms with van der Waals surface area (Å²) in [5.74, 6) is 0.709. The molecule has 0 spiro atoms. The van der Waals surface area contributed by atoms with Gasteiger partial charge in [-0.1, -0.05) is 6.92 Å². The summed E-state index contributed by atoms with van der Waals surface area (Å²) >= 11 is 0. The minimum Gasteiger partial charge on any atom is -0.383 e. The van der Waals surface area contributed by atoms with Crippen LogP contribution < -0.4 is 5.73 Å². The summed E-state index contributed by atoms with van der Waals surface area (Å²) in [6, 6.07) is 0. The third-order valence-corrected chi connectivity index (χ3v) is 2.64. The Kier molecular flexibility index (Phi) is 2.94. The molecule has 0 saturated carbocycles. The first-order valence-corrected chi connectivity index (χ1v) is 5.59. The molecule has 0 radical (unpaired) electrons. The number of anilines is 1. The Morgan fingerprint density at radius 2 is 2.06 bits per heavy atom. The average molecular weight is 219 g/mol. The highest BCUT2D eigenvalue weighted by Crippen LogP contribution is 2.23. The van der Waals surface area contributed by atoms with Crippen molar-refractivity contribution in [3.63, 3.8) is 0 Å². The number of rotatable bonds is 4. The van der Waals surface area contributed by atoms with Crippen molar-refractivity contribution < 1.29 is 0 Å². The molecule has 0 unspecified atom stereocenters. The molecule has 2 rings (SSSR count). The fraction of sp³-hybridized carbons (Fsp3) is 0.455. The van der Waals surface area contributed by atoms with Crippen LogP contribution in [0.2, 0.25) is 0 Å². The molecular weight excluding hydrogens is 202 g/mol. The van der Waals surface area contributed by atoms with Crippen molar-refractivity contribution in [1.29, 1.82) is 0 Å². The van der Waals surface area contributed by atoms with Crippen molar-refractivity contribution in [2.75, 3.05) is 5.73 Å². The number of hydrogen-bond donors (Lipinski definition) is 1. The standard InChI is InChI=1S/C11H17N5/c1-3-5-16-7-13-6-9(16)10-11(12)15(4-2)8-14-10/h6-8H,3-5,12H2,1-2H3. The Balaban J connectivity index is 2.42. The topological polar surface area (TPSA) is 61.7 Å². The molecule has 0 aromatic carbocycles. The monoisotopic (exact) mass is 219 g/mol. The highest BCUT2D eigenvalue weighted by molar-refractivity contribution is 5.67. The molecule has 0 atom stereocenters. The summed E-state index contributed by atoms with van der Waals surface area (Å²) in [4.78, 5) is 8.50. The van der Waals surface area contributed by atoms with Crippen LogP contribution in [0.1, 0.15) is 20.3 Å². The second kappa shape index (κ2) is 4.38. The molecule has 0 saturated heterocycles. The molecule has 0 aliphatic heterocycles. The van der Waals surface area contributed by atoms with E-state index < -0.39 is 0 Å². The minimum atomic E-state index is 0.709. The van der Waals surface area contributed by atoms with E-state index in [0.29, 0.717) is 5.82 Å². The molecule has 2 aromatic heterocycles. The van der Waals surface area contributed by atoms with E-state index >= 15 is 0 Å². The molecule has 5 nitrogen and oxygen atoms in total. The second-order valence-electron chi connectivity index (χ2n) is 3.74. The number of imidazole rings is 2. The lowest BCUT2D eigenvalue weighted by molar-refractivity contribution is 0.683. The number of nitrogen functional groups attached to an aromatic ring is 1. The molecule has 5 heteroatoms. The van der Waals surface area contributed by atoms with Crippen LogP contribution in [0.15, 0.2) is 18.9 Å². The van der Waals surface area contributed by atoms with Gasteiger partial charge in [0.1, 0.15) is 11.5 Å². The SMILES string of the molecule is CCCn1cncc1-c1ncn(CC)c1N. The Hall–Kier alpha value is -1.78. The molecule has 0 aliphatic carbocycles. The van der Waals surface area contributed by atoms with Crippen molar-refractivity contribution >= 4 is 5.82 Å². The lowest BCUT2D eigenvalue weighted by atomic mass is 10.3. The van der Waals surface area contributed by atoms with Crippen molar-refractivity contribution in [3.8, 4) is 11.4 Å². The number of hydrogen-bond acceptors (Lipinski definition) is 3. The lowest BCUT2D eigenvalue weighted by Crippen LogP contribution is -2.02. The van der Waals surface area contributed by atoms with Gasteiger partial charge in [0, 0.05) is 13.1 Å². The van der Waals surface area contributed by atoms with E-state index in [0.717, 1.165) is 30.9 Å². The van der Waals surface area contributed by atoms with Gasteiger partial charge in [-0.2, -0.15) is 0 Å². The molecule has 2 aromatic rings. The fourth-order valence-corrected chi connectivity index (χ4v) is 1.78. The van der Waals surface area contributed by atoms with Gasteiger partial charge in [-0.15, -0.1) is 0 Å². The number of nitrogens with two attached hydrogens (primary N) is 1. The Labute approximate surface area is 94.9 Å². The number of nitrogens with zero attached hydrogens (tertiary/aromatic N) is 4. The molecule has 2 N–H and O–H groups in total. The zero-order valence-electron chi connectivity index (χ0n) is 9.72. The van der Waals surface area contributed by atoms with E-state index in [9.17, 15) is 0 Å². The van der Waals surface area contributed by atoms with Crippen molar-refractivity contribution in [2.24, 2.45) is 0 Å². The van der Waals surface area contributed by atoms with Gasteiger partial charge in [-0.05, 0) is 13.3 Å². The van der Waals surface area contributed by atoms with E-state index in [-0.39, 0.29) is 0 Å². The molecular formula is C11H17N5. The summed E-state index contributed by atoms with van der Waals surface area (Å²) in [5, 5.41) is 0. The molecule has 0 fully saturated rings. The van der Waals surface area contributed by atoms with E-state index in [1.54, 1.807) is 6.33 Å². The van der Waals surface area contributed by atoms with Crippen LogP contribution in [0.25, 0.3) is 11.4 Å². The van der Waals surface area contributed by atoms with E-state index in [4.69, 9.17) is 5.73 Å². The summed E-state index contributed by atoms with van der Waals surface area (Å²) < 4.78 is 4.01. The zero-order chi connectivity index (χ0) is 11.5. The zero-order valence-corrected chi connectivity index (χ0v) is 9.72. The predicted molar refractivity (Wildman–Crippen MR) is 63.8 cm³/mol. The molecule has 0 amide bonds. The Bertz CT molecular complexity index is 468. The predicted octanol–water partition coefficient (Wildman–Crippen LogP) is 1.76. The lowest BCUT2D eigenvalue weighted by Gasteiger charge is -2.05. The van der Waals surface area contributed by atoms with Gasteiger partial charge < -0.3 is 14.9 Å². The minimum absolute atomic E-state index is 0.709. The maximum absolute atomic E-state index is 6.03. The van der Waals surface area contributed by atoms with Gasteiger partial charge in [-0.3, -0.25) is 0 Å². The number of aryl methyl sites for hydroxylation is 2. The van der Waals surface area contributed by atoms with Gasteiger partial charge >= 0.3 is 0 Å². The quantitative estimate of drug-likeness (QED) is 0.852. The second-order valence-corrected chi connectivity index (χ2v) is 3.74. The van der Waals surface area contributed by atoms with Crippen LogP contribution >= 0.6 is 0 Å². The van der Waals surface area contributed by atoms with Gasteiger partial charge in [0.05, 0.1) is 24.5 Å². The summed E-state index contributed by atoms with van der Waals surface area (Å²) in [6.45, 7) is 5.96. The maximum atomic E-state index is 6.03. The van der Waals surface area contributed by atoms with Gasteiger partial charge in [0.2, 0.25) is 0 Å². The highest BCUT2D eigenvalue weighted by atomic mass is 15.1. The van der Waals surface area contributed by atoms with Crippen LogP contribution in [-0.2, 0) is 13.1 Å². The van der Waals surface area contributed by atoms with Crippen molar-refractivity contribution in [2.45, 2.75) is 33.4 Å².